The first-order valence-corrected chi connectivity index (χ1v) is 12.7. The number of ether oxygens (including phenoxy) is 4. The zero-order valence-corrected chi connectivity index (χ0v) is 21.3. The minimum absolute atomic E-state index is 0.0998. The van der Waals surface area contributed by atoms with Crippen LogP contribution < -0.4 is 29.0 Å². The molecule has 0 aromatic heterocycles. The molecule has 0 fully saturated rings. The number of sulfonamides is 1. The number of methoxy groups -OCH3 is 3. The summed E-state index contributed by atoms with van der Waals surface area (Å²) in [5.41, 5.74) is 1.75. The van der Waals surface area contributed by atoms with Crippen molar-refractivity contribution in [3.63, 3.8) is 0 Å². The number of carbonyl (C=O) groups is 1. The van der Waals surface area contributed by atoms with Crippen molar-refractivity contribution >= 4 is 15.9 Å². The summed E-state index contributed by atoms with van der Waals surface area (Å²) >= 11 is 0. The molecule has 0 bridgehead atoms. The minimum atomic E-state index is -3.71. The van der Waals surface area contributed by atoms with Crippen LogP contribution in [0.3, 0.4) is 0 Å². The van der Waals surface area contributed by atoms with Crippen LogP contribution >= 0.6 is 0 Å². The Hall–Kier alpha value is -3.76. The van der Waals surface area contributed by atoms with Crippen molar-refractivity contribution < 1.29 is 32.2 Å². The summed E-state index contributed by atoms with van der Waals surface area (Å²) in [7, 11) is 0.969. The van der Waals surface area contributed by atoms with Crippen molar-refractivity contribution in [2.24, 2.45) is 0 Å². The van der Waals surface area contributed by atoms with Gasteiger partial charge in [-0.1, -0.05) is 24.3 Å². The van der Waals surface area contributed by atoms with Crippen LogP contribution in [0.2, 0.25) is 0 Å². The molecule has 36 heavy (non-hydrogen) atoms. The average molecular weight is 515 g/mol. The number of nitrogens with one attached hydrogen (secondary N) is 2. The van der Waals surface area contributed by atoms with E-state index in [1.807, 2.05) is 36.4 Å². The van der Waals surface area contributed by atoms with E-state index < -0.39 is 10.0 Å². The monoisotopic (exact) mass is 514 g/mol. The smallest absolute Gasteiger partial charge is 0.258 e. The predicted octanol–water partition coefficient (Wildman–Crippen LogP) is 2.93. The number of amides is 1. The molecule has 0 unspecified atom stereocenters. The molecular formula is C26H30N2O7S. The van der Waals surface area contributed by atoms with Gasteiger partial charge in [-0.2, -0.15) is 0 Å². The maximum atomic E-state index is 12.6. The van der Waals surface area contributed by atoms with Crippen molar-refractivity contribution in [3.8, 4) is 23.0 Å². The second kappa shape index (κ2) is 12.8. The molecule has 192 valence electrons. The number of rotatable bonds is 13. The number of para-hydroxylation sites is 1. The highest BCUT2D eigenvalue weighted by atomic mass is 32.2. The van der Waals surface area contributed by atoms with E-state index in [4.69, 9.17) is 18.9 Å². The Morgan fingerprint density at radius 2 is 1.53 bits per heavy atom. The van der Waals surface area contributed by atoms with Gasteiger partial charge in [-0.05, 0) is 54.4 Å². The van der Waals surface area contributed by atoms with Gasteiger partial charge in [-0.15, -0.1) is 0 Å². The molecule has 0 spiro atoms. The molecule has 2 N–H and O–H groups in total. The molecule has 1 amide bonds. The van der Waals surface area contributed by atoms with Crippen molar-refractivity contribution in [1.29, 1.82) is 0 Å². The summed E-state index contributed by atoms with van der Waals surface area (Å²) in [6.07, 6.45) is 0.477. The zero-order valence-electron chi connectivity index (χ0n) is 20.4. The lowest BCUT2D eigenvalue weighted by Crippen LogP contribution is -2.28. The third kappa shape index (κ3) is 7.37. The maximum Gasteiger partial charge on any atom is 0.258 e. The van der Waals surface area contributed by atoms with Gasteiger partial charge in [0.25, 0.3) is 5.91 Å². The van der Waals surface area contributed by atoms with Gasteiger partial charge in [-0.25, -0.2) is 13.1 Å². The summed E-state index contributed by atoms with van der Waals surface area (Å²) in [6.45, 7) is 0.311. The second-order valence-corrected chi connectivity index (χ2v) is 9.45. The quantitative estimate of drug-likeness (QED) is 0.361. The molecular weight excluding hydrogens is 484 g/mol. The number of hydrogen-bond donors (Lipinski definition) is 2. The second-order valence-electron chi connectivity index (χ2n) is 7.69. The van der Waals surface area contributed by atoms with E-state index >= 15 is 0 Å². The zero-order chi connectivity index (χ0) is 26.0. The van der Waals surface area contributed by atoms with Gasteiger partial charge in [0.15, 0.2) is 18.1 Å². The molecule has 10 heteroatoms. The molecule has 0 saturated carbocycles. The Morgan fingerprint density at radius 1 is 0.833 bits per heavy atom. The first-order valence-electron chi connectivity index (χ1n) is 11.2. The highest BCUT2D eigenvalue weighted by Crippen LogP contribution is 2.27. The Kier molecular flexibility index (Phi) is 9.54. The lowest BCUT2D eigenvalue weighted by molar-refractivity contribution is -0.123. The maximum absolute atomic E-state index is 12.6. The van der Waals surface area contributed by atoms with Gasteiger partial charge in [0.2, 0.25) is 10.0 Å². The summed E-state index contributed by atoms with van der Waals surface area (Å²) in [6, 6.07) is 18.7. The summed E-state index contributed by atoms with van der Waals surface area (Å²) in [5, 5.41) is 2.77. The number of hydrogen-bond acceptors (Lipinski definition) is 7. The molecule has 3 rings (SSSR count). The third-order valence-electron chi connectivity index (χ3n) is 5.33. The summed E-state index contributed by atoms with van der Waals surface area (Å²) in [5.74, 6) is 1.95. The molecule has 3 aromatic carbocycles. The molecule has 0 atom stereocenters. The van der Waals surface area contributed by atoms with E-state index in [0.29, 0.717) is 36.0 Å². The van der Waals surface area contributed by atoms with Gasteiger partial charge < -0.3 is 24.3 Å². The van der Waals surface area contributed by atoms with Gasteiger partial charge in [0, 0.05) is 18.7 Å². The Labute approximate surface area is 211 Å². The van der Waals surface area contributed by atoms with Crippen molar-refractivity contribution in [2.75, 3.05) is 34.5 Å². The summed E-state index contributed by atoms with van der Waals surface area (Å²) in [4.78, 5) is 12.2. The van der Waals surface area contributed by atoms with E-state index in [1.165, 1.54) is 24.3 Å². The SMILES string of the molecule is COc1ccccc1CNC(=O)COc1ccc(S(=O)(=O)NCCc2ccc(OC)c(OC)c2)cc1. The lowest BCUT2D eigenvalue weighted by atomic mass is 10.1. The van der Waals surface area contributed by atoms with Gasteiger partial charge in [0.1, 0.15) is 11.5 Å². The van der Waals surface area contributed by atoms with E-state index in [1.54, 1.807) is 27.4 Å². The molecule has 0 aliphatic carbocycles. The average Bonchev–Trinajstić information content (AvgIpc) is 2.90. The number of benzene rings is 3. The Bertz CT molecular complexity index is 1260. The molecule has 0 aliphatic heterocycles. The predicted molar refractivity (Wildman–Crippen MR) is 135 cm³/mol. The first kappa shape index (κ1) is 26.8. The van der Waals surface area contributed by atoms with Crippen LogP contribution in [-0.4, -0.2) is 48.8 Å². The summed E-state index contributed by atoms with van der Waals surface area (Å²) < 4.78 is 49.1. The molecule has 9 nitrogen and oxygen atoms in total. The highest BCUT2D eigenvalue weighted by Gasteiger charge is 2.14. The van der Waals surface area contributed by atoms with Gasteiger partial charge in [-0.3, -0.25) is 4.79 Å². The van der Waals surface area contributed by atoms with Crippen LogP contribution in [0.4, 0.5) is 0 Å². The minimum Gasteiger partial charge on any atom is -0.496 e. The molecule has 0 heterocycles. The van der Waals surface area contributed by atoms with Crippen LogP contribution in [0, 0.1) is 0 Å². The molecule has 0 aliphatic rings. The fourth-order valence-electron chi connectivity index (χ4n) is 3.41. The fraction of sp³-hybridized carbons (Fsp3) is 0.269. The van der Waals surface area contributed by atoms with Crippen LogP contribution in [0.1, 0.15) is 11.1 Å². The van der Waals surface area contributed by atoms with Gasteiger partial charge >= 0.3 is 0 Å². The van der Waals surface area contributed by atoms with E-state index in [2.05, 4.69) is 10.0 Å². The fourth-order valence-corrected chi connectivity index (χ4v) is 4.44. The van der Waals surface area contributed by atoms with Crippen molar-refractivity contribution in [2.45, 2.75) is 17.9 Å². The Balaban J connectivity index is 1.47. The van der Waals surface area contributed by atoms with E-state index in [-0.39, 0.29) is 24.0 Å². The van der Waals surface area contributed by atoms with Crippen LogP contribution in [-0.2, 0) is 27.8 Å². The van der Waals surface area contributed by atoms with Crippen LogP contribution in [0.15, 0.2) is 71.6 Å². The van der Waals surface area contributed by atoms with Crippen LogP contribution in [0.25, 0.3) is 0 Å². The van der Waals surface area contributed by atoms with E-state index in [0.717, 1.165) is 11.1 Å². The van der Waals surface area contributed by atoms with Crippen molar-refractivity contribution in [3.05, 3.63) is 77.9 Å². The largest absolute Gasteiger partial charge is 0.496 e. The van der Waals surface area contributed by atoms with Gasteiger partial charge in [0.05, 0.1) is 26.2 Å². The molecule has 0 saturated heterocycles. The molecule has 0 radical (unpaired) electrons. The third-order valence-corrected chi connectivity index (χ3v) is 6.80. The van der Waals surface area contributed by atoms with Crippen LogP contribution in [0.5, 0.6) is 23.0 Å². The Morgan fingerprint density at radius 3 is 2.22 bits per heavy atom. The van der Waals surface area contributed by atoms with Crippen molar-refractivity contribution in [1.82, 2.24) is 10.0 Å². The standard InChI is InChI=1S/C26H30N2O7S/c1-32-23-7-5-4-6-20(23)17-27-26(29)18-35-21-9-11-22(12-10-21)36(30,31)28-15-14-19-8-13-24(33-2)25(16-19)34-3/h4-13,16,28H,14-15,17-18H2,1-3H3,(H,27,29). The number of carbonyl (C=O) groups excluding carboxylic acids is 1. The molecule has 3 aromatic rings. The topological polar surface area (TPSA) is 112 Å². The van der Waals surface area contributed by atoms with E-state index in [9.17, 15) is 13.2 Å². The normalized spacial score (nSPS) is 11.0. The highest BCUT2D eigenvalue weighted by molar-refractivity contribution is 7.89. The first-order chi connectivity index (χ1) is 17.4. The lowest BCUT2D eigenvalue weighted by Gasteiger charge is -2.11.